The highest BCUT2D eigenvalue weighted by Crippen LogP contribution is 2.27. The summed E-state index contributed by atoms with van der Waals surface area (Å²) in [5, 5.41) is 11.1. The lowest BCUT2D eigenvalue weighted by Gasteiger charge is -2.37. The minimum atomic E-state index is -0.481. The molecule has 7 heteroatoms. The van der Waals surface area contributed by atoms with E-state index in [9.17, 15) is 5.11 Å². The highest BCUT2D eigenvalue weighted by Gasteiger charge is 2.24. The van der Waals surface area contributed by atoms with Crippen LogP contribution in [0.4, 0.5) is 5.82 Å². The van der Waals surface area contributed by atoms with Crippen molar-refractivity contribution in [2.45, 2.75) is 52.7 Å². The van der Waals surface area contributed by atoms with Crippen molar-refractivity contribution in [2.75, 3.05) is 44.2 Å². The van der Waals surface area contributed by atoms with E-state index in [0.29, 0.717) is 19.6 Å². The number of hydrogen-bond acceptors (Lipinski definition) is 6. The summed E-state index contributed by atoms with van der Waals surface area (Å²) in [6, 6.07) is 7.95. The van der Waals surface area contributed by atoms with E-state index >= 15 is 0 Å². The molecule has 0 radical (unpaired) electrons. The van der Waals surface area contributed by atoms with Gasteiger partial charge in [0.15, 0.2) is 0 Å². The maximum absolute atomic E-state index is 10.3. The molecule has 1 aromatic carbocycles. The van der Waals surface area contributed by atoms with Gasteiger partial charge in [-0.15, -0.1) is 0 Å². The summed E-state index contributed by atoms with van der Waals surface area (Å²) in [4.78, 5) is 14.1. The van der Waals surface area contributed by atoms with Gasteiger partial charge in [-0.05, 0) is 46.2 Å². The molecule has 31 heavy (non-hydrogen) atoms. The van der Waals surface area contributed by atoms with Gasteiger partial charge < -0.3 is 14.7 Å². The van der Waals surface area contributed by atoms with Gasteiger partial charge in [0.1, 0.15) is 11.6 Å². The van der Waals surface area contributed by atoms with Gasteiger partial charge in [-0.3, -0.25) is 4.90 Å². The fourth-order valence-corrected chi connectivity index (χ4v) is 4.06. The Morgan fingerprint density at radius 1 is 1.10 bits per heavy atom. The Morgan fingerprint density at radius 2 is 1.77 bits per heavy atom. The second-order valence-corrected chi connectivity index (χ2v) is 9.70. The van der Waals surface area contributed by atoms with E-state index < -0.39 is 6.10 Å². The van der Waals surface area contributed by atoms with Crippen LogP contribution in [0.15, 0.2) is 24.3 Å². The first kappa shape index (κ1) is 23.9. The van der Waals surface area contributed by atoms with E-state index in [1.165, 1.54) is 0 Å². The van der Waals surface area contributed by atoms with E-state index in [1.807, 2.05) is 52.8 Å². The zero-order valence-corrected chi connectivity index (χ0v) is 20.1. The third-order valence-electron chi connectivity index (χ3n) is 5.48. The number of aliphatic hydroxyl groups excluding tert-OH is 1. The Kier molecular flexibility index (Phi) is 7.92. The van der Waals surface area contributed by atoms with Crippen LogP contribution in [0, 0.1) is 13.8 Å². The van der Waals surface area contributed by atoms with Crippen molar-refractivity contribution >= 4 is 17.4 Å². The van der Waals surface area contributed by atoms with E-state index in [1.54, 1.807) is 0 Å². The predicted octanol–water partition coefficient (Wildman–Crippen LogP) is 3.64. The van der Waals surface area contributed by atoms with Crippen molar-refractivity contribution in [1.82, 2.24) is 14.9 Å². The molecule has 2 aromatic rings. The van der Waals surface area contributed by atoms with Gasteiger partial charge in [0, 0.05) is 55.4 Å². The first-order chi connectivity index (χ1) is 14.6. The molecule has 1 fully saturated rings. The smallest absolute Gasteiger partial charge is 0.136 e. The summed E-state index contributed by atoms with van der Waals surface area (Å²) < 4.78 is 5.72. The topological polar surface area (TPSA) is 61.7 Å². The van der Waals surface area contributed by atoms with Crippen LogP contribution < -0.4 is 4.90 Å². The summed E-state index contributed by atoms with van der Waals surface area (Å²) in [5.74, 6) is 1.79. The van der Waals surface area contributed by atoms with Gasteiger partial charge in [0.05, 0.1) is 18.3 Å². The van der Waals surface area contributed by atoms with Crippen LogP contribution in [-0.4, -0.2) is 71.0 Å². The number of hydrogen-bond donors (Lipinski definition) is 1. The number of halogens is 1. The van der Waals surface area contributed by atoms with Gasteiger partial charge in [0.2, 0.25) is 0 Å². The third kappa shape index (κ3) is 6.88. The Balaban J connectivity index is 1.67. The molecule has 1 aromatic heterocycles. The number of anilines is 1. The minimum Gasteiger partial charge on any atom is -0.389 e. The van der Waals surface area contributed by atoms with E-state index in [4.69, 9.17) is 21.3 Å². The molecule has 6 nitrogen and oxygen atoms in total. The van der Waals surface area contributed by atoms with Crippen molar-refractivity contribution in [3.05, 3.63) is 51.9 Å². The van der Waals surface area contributed by atoms with Crippen molar-refractivity contribution in [1.29, 1.82) is 0 Å². The summed E-state index contributed by atoms with van der Waals surface area (Å²) in [5.41, 5.74) is 2.98. The van der Waals surface area contributed by atoms with Gasteiger partial charge >= 0.3 is 0 Å². The lowest BCUT2D eigenvalue weighted by molar-refractivity contribution is -0.0563. The normalized spacial score (nSPS) is 16.5. The van der Waals surface area contributed by atoms with Gasteiger partial charge in [-0.1, -0.05) is 29.8 Å². The number of ether oxygens (including phenoxy) is 1. The SMILES string of the molecule is Cc1nc(C)c(Cc2ccccc2Cl)c(N2CCN(C[C@@H](O)COC(C)(C)C)CC2)n1. The van der Waals surface area contributed by atoms with E-state index in [-0.39, 0.29) is 5.60 Å². The Morgan fingerprint density at radius 3 is 2.42 bits per heavy atom. The third-order valence-corrected chi connectivity index (χ3v) is 5.85. The fourth-order valence-electron chi connectivity index (χ4n) is 3.86. The van der Waals surface area contributed by atoms with E-state index in [2.05, 4.69) is 20.9 Å². The van der Waals surface area contributed by atoms with Crippen LogP contribution >= 0.6 is 11.6 Å². The molecule has 1 aliphatic heterocycles. The molecule has 0 aliphatic carbocycles. The summed E-state index contributed by atoms with van der Waals surface area (Å²) in [6.45, 7) is 14.5. The number of β-amino-alcohol motifs (C(OH)–C–C–N with tert-alkyl or cyclic N) is 1. The minimum absolute atomic E-state index is 0.236. The maximum Gasteiger partial charge on any atom is 0.136 e. The highest BCUT2D eigenvalue weighted by atomic mass is 35.5. The Hall–Kier alpha value is -1.73. The average Bonchev–Trinajstić information content (AvgIpc) is 2.70. The van der Waals surface area contributed by atoms with Crippen LogP contribution in [0.5, 0.6) is 0 Å². The van der Waals surface area contributed by atoms with Gasteiger partial charge in [-0.2, -0.15) is 0 Å². The molecule has 170 valence electrons. The first-order valence-electron chi connectivity index (χ1n) is 11.0. The van der Waals surface area contributed by atoms with Crippen LogP contribution in [0.3, 0.4) is 0 Å². The number of benzene rings is 1. The number of aliphatic hydroxyl groups is 1. The molecule has 1 aliphatic rings. The molecule has 0 unspecified atom stereocenters. The maximum atomic E-state index is 10.3. The number of aryl methyl sites for hydroxylation is 2. The fraction of sp³-hybridized carbons (Fsp3) is 0.583. The largest absolute Gasteiger partial charge is 0.389 e. The zero-order valence-electron chi connectivity index (χ0n) is 19.4. The molecule has 1 atom stereocenters. The second kappa shape index (κ2) is 10.3. The van der Waals surface area contributed by atoms with Crippen molar-refractivity contribution in [2.24, 2.45) is 0 Å². The van der Waals surface area contributed by atoms with Crippen LogP contribution in [0.2, 0.25) is 5.02 Å². The number of aromatic nitrogens is 2. The Labute approximate surface area is 191 Å². The van der Waals surface area contributed by atoms with E-state index in [0.717, 1.165) is 59.7 Å². The number of rotatable bonds is 7. The summed E-state index contributed by atoms with van der Waals surface area (Å²) >= 11 is 6.42. The van der Waals surface area contributed by atoms with Gasteiger partial charge in [0.25, 0.3) is 0 Å². The highest BCUT2D eigenvalue weighted by molar-refractivity contribution is 6.31. The van der Waals surface area contributed by atoms with Crippen LogP contribution in [0.1, 0.15) is 43.4 Å². The molecule has 1 saturated heterocycles. The van der Waals surface area contributed by atoms with Crippen molar-refractivity contribution in [3.8, 4) is 0 Å². The molecule has 2 heterocycles. The molecule has 0 bridgehead atoms. The monoisotopic (exact) mass is 446 g/mol. The summed E-state index contributed by atoms with van der Waals surface area (Å²) in [6.07, 6.45) is 0.231. The van der Waals surface area contributed by atoms with Crippen LogP contribution in [-0.2, 0) is 11.2 Å². The molecule has 1 N–H and O–H groups in total. The van der Waals surface area contributed by atoms with Crippen LogP contribution in [0.25, 0.3) is 0 Å². The number of nitrogens with zero attached hydrogens (tertiary/aromatic N) is 4. The molecule has 0 saturated carbocycles. The zero-order chi connectivity index (χ0) is 22.6. The second-order valence-electron chi connectivity index (χ2n) is 9.29. The first-order valence-corrected chi connectivity index (χ1v) is 11.4. The summed E-state index contributed by atoms with van der Waals surface area (Å²) in [7, 11) is 0. The van der Waals surface area contributed by atoms with Crippen molar-refractivity contribution < 1.29 is 9.84 Å². The molecular formula is C24H35ClN4O2. The Bertz CT molecular complexity index is 876. The van der Waals surface area contributed by atoms with Gasteiger partial charge in [-0.25, -0.2) is 9.97 Å². The quantitative estimate of drug-likeness (QED) is 0.700. The molecular weight excluding hydrogens is 412 g/mol. The lowest BCUT2D eigenvalue weighted by Crippen LogP contribution is -2.50. The average molecular weight is 447 g/mol. The molecule has 3 rings (SSSR count). The number of piperazine rings is 1. The van der Waals surface area contributed by atoms with Crippen molar-refractivity contribution in [3.63, 3.8) is 0 Å². The lowest BCUT2D eigenvalue weighted by atomic mass is 10.0. The predicted molar refractivity (Wildman–Crippen MR) is 126 cm³/mol. The standard InChI is InChI=1S/C24H35ClN4O2/c1-17-21(14-19-8-6-7-9-22(19)25)23(27-18(2)26-17)29-12-10-28(11-13-29)15-20(30)16-31-24(3,4)5/h6-9,20,30H,10-16H2,1-5H3/t20-/m1/s1. The molecule has 0 amide bonds. The molecule has 0 spiro atoms.